The van der Waals surface area contributed by atoms with E-state index in [0.29, 0.717) is 6.54 Å². The predicted molar refractivity (Wildman–Crippen MR) is 104 cm³/mol. The molecular formula is C20H26FN3O2S. The van der Waals surface area contributed by atoms with Crippen LogP contribution in [0.3, 0.4) is 0 Å². The third-order valence-electron chi connectivity index (χ3n) is 5.03. The molecule has 3 rings (SSSR count). The van der Waals surface area contributed by atoms with Gasteiger partial charge in [-0.3, -0.25) is 4.90 Å². The molecule has 0 spiro atoms. The maximum Gasteiger partial charge on any atom is 0.241 e. The molecule has 0 aromatic heterocycles. The highest BCUT2D eigenvalue weighted by molar-refractivity contribution is 7.89. The van der Waals surface area contributed by atoms with E-state index in [4.69, 9.17) is 0 Å². The molecule has 1 saturated heterocycles. The van der Waals surface area contributed by atoms with Gasteiger partial charge >= 0.3 is 0 Å². The number of nitrogens with zero attached hydrogens (tertiary/aromatic N) is 2. The van der Waals surface area contributed by atoms with E-state index < -0.39 is 21.4 Å². The molecule has 0 aliphatic carbocycles. The SMILES string of the molecule is CN1CCN(C[C@@](C)(NS(=O)(=O)c2ccc(F)cc2)c2ccccc2)CC1. The summed E-state index contributed by atoms with van der Waals surface area (Å²) >= 11 is 0. The van der Waals surface area contributed by atoms with Crippen molar-refractivity contribution in [1.82, 2.24) is 14.5 Å². The fourth-order valence-corrected chi connectivity index (χ4v) is 4.80. The van der Waals surface area contributed by atoms with Crippen molar-refractivity contribution in [3.63, 3.8) is 0 Å². The van der Waals surface area contributed by atoms with E-state index >= 15 is 0 Å². The number of benzene rings is 2. The van der Waals surface area contributed by atoms with Crippen LogP contribution >= 0.6 is 0 Å². The normalized spacial score (nSPS) is 18.9. The average Bonchev–Trinajstić information content (AvgIpc) is 2.64. The molecule has 0 unspecified atom stereocenters. The number of nitrogens with one attached hydrogen (secondary N) is 1. The Morgan fingerprint density at radius 3 is 2.19 bits per heavy atom. The van der Waals surface area contributed by atoms with Crippen molar-refractivity contribution in [2.45, 2.75) is 17.4 Å². The van der Waals surface area contributed by atoms with Gasteiger partial charge in [0.25, 0.3) is 0 Å². The second kappa shape index (κ2) is 8.06. The van der Waals surface area contributed by atoms with Gasteiger partial charge in [-0.25, -0.2) is 12.8 Å². The lowest BCUT2D eigenvalue weighted by Gasteiger charge is -2.40. The molecule has 2 aromatic carbocycles. The zero-order valence-corrected chi connectivity index (χ0v) is 16.5. The lowest BCUT2D eigenvalue weighted by atomic mass is 9.92. The first-order valence-corrected chi connectivity index (χ1v) is 10.5. The van der Waals surface area contributed by atoms with Gasteiger partial charge < -0.3 is 4.90 Å². The van der Waals surface area contributed by atoms with Gasteiger partial charge in [0.05, 0.1) is 10.4 Å². The van der Waals surface area contributed by atoms with Crippen molar-refractivity contribution in [2.75, 3.05) is 39.8 Å². The molecule has 0 bridgehead atoms. The summed E-state index contributed by atoms with van der Waals surface area (Å²) in [6, 6.07) is 14.5. The number of hydrogen-bond acceptors (Lipinski definition) is 4. The molecule has 1 heterocycles. The monoisotopic (exact) mass is 391 g/mol. The molecule has 2 aromatic rings. The Hall–Kier alpha value is -1.80. The van der Waals surface area contributed by atoms with Gasteiger partial charge in [0.2, 0.25) is 10.0 Å². The second-order valence-corrected chi connectivity index (χ2v) is 9.02. The van der Waals surface area contributed by atoms with Crippen molar-refractivity contribution in [1.29, 1.82) is 0 Å². The van der Waals surface area contributed by atoms with Gasteiger partial charge in [0.1, 0.15) is 5.82 Å². The van der Waals surface area contributed by atoms with E-state index in [1.54, 1.807) is 0 Å². The topological polar surface area (TPSA) is 52.6 Å². The highest BCUT2D eigenvalue weighted by Crippen LogP contribution is 2.25. The molecule has 1 aliphatic rings. The van der Waals surface area contributed by atoms with Crippen molar-refractivity contribution < 1.29 is 12.8 Å². The molecule has 1 atom stereocenters. The van der Waals surface area contributed by atoms with Crippen LogP contribution in [0.15, 0.2) is 59.5 Å². The van der Waals surface area contributed by atoms with Crippen LogP contribution in [0.2, 0.25) is 0 Å². The number of rotatable bonds is 6. The summed E-state index contributed by atoms with van der Waals surface area (Å²) in [7, 11) is -1.71. The van der Waals surface area contributed by atoms with E-state index in [9.17, 15) is 12.8 Å². The molecule has 0 amide bonds. The maximum absolute atomic E-state index is 13.2. The molecule has 1 fully saturated rings. The Morgan fingerprint density at radius 2 is 1.59 bits per heavy atom. The average molecular weight is 392 g/mol. The first kappa shape index (κ1) is 19.9. The van der Waals surface area contributed by atoms with Crippen LogP contribution in [-0.4, -0.2) is 58.0 Å². The number of sulfonamides is 1. The van der Waals surface area contributed by atoms with Crippen LogP contribution in [0.1, 0.15) is 12.5 Å². The fraction of sp³-hybridized carbons (Fsp3) is 0.400. The van der Waals surface area contributed by atoms with E-state index in [1.807, 2.05) is 37.3 Å². The standard InChI is InChI=1S/C20H26FN3O2S/c1-20(17-6-4-3-5-7-17,16-24-14-12-23(2)13-15-24)22-27(25,26)19-10-8-18(21)9-11-19/h3-11,22H,12-16H2,1-2H3/t20-/m1/s1. The van der Waals surface area contributed by atoms with E-state index in [0.717, 1.165) is 43.9 Å². The largest absolute Gasteiger partial charge is 0.304 e. The Kier molecular flexibility index (Phi) is 5.95. The first-order chi connectivity index (χ1) is 12.8. The van der Waals surface area contributed by atoms with E-state index in [1.165, 1.54) is 12.1 Å². The first-order valence-electron chi connectivity index (χ1n) is 9.04. The van der Waals surface area contributed by atoms with Crippen LogP contribution < -0.4 is 4.72 Å². The lowest BCUT2D eigenvalue weighted by molar-refractivity contribution is 0.125. The van der Waals surface area contributed by atoms with Crippen LogP contribution in [-0.2, 0) is 15.6 Å². The summed E-state index contributed by atoms with van der Waals surface area (Å²) in [5.41, 5.74) is 0.0966. The summed E-state index contributed by atoms with van der Waals surface area (Å²) in [6.07, 6.45) is 0. The second-order valence-electron chi connectivity index (χ2n) is 7.34. The molecule has 1 aliphatic heterocycles. The Labute approximate surface area is 160 Å². The van der Waals surface area contributed by atoms with Gasteiger partial charge in [-0.05, 0) is 43.8 Å². The van der Waals surface area contributed by atoms with Crippen molar-refractivity contribution in [3.8, 4) is 0 Å². The molecule has 5 nitrogen and oxygen atoms in total. The van der Waals surface area contributed by atoms with Crippen LogP contribution in [0.25, 0.3) is 0 Å². The van der Waals surface area contributed by atoms with Crippen LogP contribution in [0.5, 0.6) is 0 Å². The zero-order valence-electron chi connectivity index (χ0n) is 15.7. The molecule has 7 heteroatoms. The summed E-state index contributed by atoms with van der Waals surface area (Å²) in [6.45, 7) is 6.15. The van der Waals surface area contributed by atoms with Gasteiger partial charge in [0, 0.05) is 32.7 Å². The maximum atomic E-state index is 13.2. The minimum atomic E-state index is -3.80. The van der Waals surface area contributed by atoms with Crippen LogP contribution in [0, 0.1) is 5.82 Å². The molecular weight excluding hydrogens is 365 g/mol. The lowest BCUT2D eigenvalue weighted by Crippen LogP contribution is -2.55. The zero-order chi connectivity index (χ0) is 19.5. The fourth-order valence-electron chi connectivity index (χ4n) is 3.41. The predicted octanol–water partition coefficient (Wildman–Crippen LogP) is 2.27. The number of halogens is 1. The van der Waals surface area contributed by atoms with Gasteiger partial charge in [0.15, 0.2) is 0 Å². The molecule has 0 radical (unpaired) electrons. The third-order valence-corrected chi connectivity index (χ3v) is 6.64. The quantitative estimate of drug-likeness (QED) is 0.821. The third kappa shape index (κ3) is 4.93. The van der Waals surface area contributed by atoms with Crippen molar-refractivity contribution in [3.05, 3.63) is 66.0 Å². The Morgan fingerprint density at radius 1 is 1.00 bits per heavy atom. The van der Waals surface area contributed by atoms with E-state index in [-0.39, 0.29) is 4.90 Å². The summed E-state index contributed by atoms with van der Waals surface area (Å²) < 4.78 is 42.0. The summed E-state index contributed by atoms with van der Waals surface area (Å²) in [4.78, 5) is 4.60. The minimum absolute atomic E-state index is 0.0597. The van der Waals surface area contributed by atoms with Gasteiger partial charge in [-0.15, -0.1) is 0 Å². The molecule has 146 valence electrons. The number of piperazine rings is 1. The molecule has 1 N–H and O–H groups in total. The highest BCUT2D eigenvalue weighted by atomic mass is 32.2. The number of likely N-dealkylation sites (N-methyl/N-ethyl adjacent to an activating group) is 1. The Bertz CT molecular complexity index is 851. The van der Waals surface area contributed by atoms with Crippen molar-refractivity contribution in [2.24, 2.45) is 0 Å². The van der Waals surface area contributed by atoms with Gasteiger partial charge in [-0.2, -0.15) is 4.72 Å². The van der Waals surface area contributed by atoms with E-state index in [2.05, 4.69) is 21.6 Å². The number of hydrogen-bond donors (Lipinski definition) is 1. The summed E-state index contributed by atoms with van der Waals surface area (Å²) in [5, 5.41) is 0. The van der Waals surface area contributed by atoms with Gasteiger partial charge in [-0.1, -0.05) is 30.3 Å². The molecule has 27 heavy (non-hydrogen) atoms. The smallest absolute Gasteiger partial charge is 0.241 e. The Balaban J connectivity index is 1.89. The highest BCUT2D eigenvalue weighted by Gasteiger charge is 2.35. The molecule has 0 saturated carbocycles. The van der Waals surface area contributed by atoms with Crippen LogP contribution in [0.4, 0.5) is 4.39 Å². The summed E-state index contributed by atoms with van der Waals surface area (Å²) in [5.74, 6) is -0.461. The minimum Gasteiger partial charge on any atom is -0.304 e. The van der Waals surface area contributed by atoms with Crippen molar-refractivity contribution >= 4 is 10.0 Å².